The van der Waals surface area contributed by atoms with Crippen molar-refractivity contribution in [2.24, 2.45) is 0 Å². The summed E-state index contributed by atoms with van der Waals surface area (Å²) in [5, 5.41) is 0. The van der Waals surface area contributed by atoms with Crippen molar-refractivity contribution in [1.82, 2.24) is 0 Å². The van der Waals surface area contributed by atoms with E-state index in [2.05, 4.69) is 6.58 Å². The molecule has 6 nitrogen and oxygen atoms in total. The van der Waals surface area contributed by atoms with Gasteiger partial charge in [0.1, 0.15) is 12.7 Å². The van der Waals surface area contributed by atoms with Crippen LogP contribution in [-0.4, -0.2) is 43.6 Å². The average molecular weight is 326 g/mol. The summed E-state index contributed by atoms with van der Waals surface area (Å²) in [6, 6.07) is 0. The summed E-state index contributed by atoms with van der Waals surface area (Å²) in [5.41, 5.74) is 0.0561. The molecule has 0 saturated heterocycles. The molecule has 0 unspecified atom stereocenters. The van der Waals surface area contributed by atoms with Crippen LogP contribution in [0.4, 0.5) is 0 Å². The van der Waals surface area contributed by atoms with Crippen molar-refractivity contribution in [3.63, 3.8) is 0 Å². The van der Waals surface area contributed by atoms with Crippen molar-refractivity contribution in [3.05, 3.63) is 12.2 Å². The van der Waals surface area contributed by atoms with Crippen molar-refractivity contribution in [2.75, 3.05) is 19.8 Å². The van der Waals surface area contributed by atoms with Gasteiger partial charge in [0.15, 0.2) is 5.78 Å². The summed E-state index contributed by atoms with van der Waals surface area (Å²) in [6.07, 6.45) is 4.59. The molecule has 1 saturated carbocycles. The third-order valence-electron chi connectivity index (χ3n) is 3.49. The zero-order valence-electron chi connectivity index (χ0n) is 13.8. The Hall–Kier alpha value is -1.69. The maximum Gasteiger partial charge on any atom is 0.334 e. The molecule has 1 aliphatic carbocycles. The second-order valence-corrected chi connectivity index (χ2v) is 5.65. The zero-order valence-corrected chi connectivity index (χ0v) is 13.8. The van der Waals surface area contributed by atoms with E-state index in [1.165, 1.54) is 0 Å². The van der Waals surface area contributed by atoms with Gasteiger partial charge < -0.3 is 14.2 Å². The Morgan fingerprint density at radius 3 is 2.48 bits per heavy atom. The molecule has 0 amide bonds. The van der Waals surface area contributed by atoms with Crippen LogP contribution >= 0.6 is 0 Å². The third kappa shape index (κ3) is 8.50. The van der Waals surface area contributed by atoms with Crippen LogP contribution < -0.4 is 0 Å². The van der Waals surface area contributed by atoms with E-state index in [9.17, 15) is 14.4 Å². The SMILES string of the molecule is C=C(CC(=O)OCC(=O)CCOCCC)C(=O)OC1CCCC1. The standard InChI is InChI=1S/C17H26O6/c1-3-9-21-10-8-14(18)12-22-16(19)11-13(2)17(20)23-15-6-4-5-7-15/h15H,2-12H2,1H3. The Labute approximate surface area is 137 Å². The fourth-order valence-corrected chi connectivity index (χ4v) is 2.20. The van der Waals surface area contributed by atoms with Gasteiger partial charge in [-0.2, -0.15) is 0 Å². The van der Waals surface area contributed by atoms with Gasteiger partial charge in [0.05, 0.1) is 13.0 Å². The fourth-order valence-electron chi connectivity index (χ4n) is 2.20. The van der Waals surface area contributed by atoms with Gasteiger partial charge in [0.2, 0.25) is 0 Å². The van der Waals surface area contributed by atoms with Crippen molar-refractivity contribution >= 4 is 17.7 Å². The second-order valence-electron chi connectivity index (χ2n) is 5.65. The van der Waals surface area contributed by atoms with Crippen LogP contribution in [0.15, 0.2) is 12.2 Å². The number of esters is 2. The van der Waals surface area contributed by atoms with Crippen molar-refractivity contribution in [3.8, 4) is 0 Å². The number of carbonyl (C=O) groups excluding carboxylic acids is 3. The van der Waals surface area contributed by atoms with Gasteiger partial charge in [-0.05, 0) is 32.1 Å². The lowest BCUT2D eigenvalue weighted by Gasteiger charge is -2.12. The van der Waals surface area contributed by atoms with Crippen LogP contribution in [0.5, 0.6) is 0 Å². The quantitative estimate of drug-likeness (QED) is 0.329. The van der Waals surface area contributed by atoms with E-state index in [0.717, 1.165) is 32.1 Å². The highest BCUT2D eigenvalue weighted by Crippen LogP contribution is 2.22. The molecule has 1 fully saturated rings. The number of ether oxygens (including phenoxy) is 3. The molecule has 0 aromatic carbocycles. The Morgan fingerprint density at radius 2 is 1.83 bits per heavy atom. The Bertz CT molecular complexity index is 423. The Kier molecular flexibility index (Phi) is 9.21. The molecule has 0 radical (unpaired) electrons. The van der Waals surface area contributed by atoms with Crippen LogP contribution in [-0.2, 0) is 28.6 Å². The van der Waals surface area contributed by atoms with E-state index in [0.29, 0.717) is 13.2 Å². The molecule has 0 atom stereocenters. The lowest BCUT2D eigenvalue weighted by molar-refractivity contribution is -0.150. The average Bonchev–Trinajstić information content (AvgIpc) is 3.02. The molecule has 23 heavy (non-hydrogen) atoms. The highest BCUT2D eigenvalue weighted by Gasteiger charge is 2.22. The van der Waals surface area contributed by atoms with E-state index in [1.807, 2.05) is 6.92 Å². The van der Waals surface area contributed by atoms with Gasteiger partial charge >= 0.3 is 11.9 Å². The molecule has 130 valence electrons. The largest absolute Gasteiger partial charge is 0.459 e. The maximum atomic E-state index is 11.8. The van der Waals surface area contributed by atoms with Crippen LogP contribution in [0.2, 0.25) is 0 Å². The van der Waals surface area contributed by atoms with E-state index in [-0.39, 0.29) is 36.9 Å². The first-order valence-electron chi connectivity index (χ1n) is 8.16. The van der Waals surface area contributed by atoms with Gasteiger partial charge in [-0.15, -0.1) is 0 Å². The molecule has 1 aliphatic rings. The Balaban J connectivity index is 2.15. The first-order chi connectivity index (χ1) is 11.0. The maximum absolute atomic E-state index is 11.8. The van der Waals surface area contributed by atoms with Gasteiger partial charge in [-0.3, -0.25) is 9.59 Å². The van der Waals surface area contributed by atoms with Crippen molar-refractivity contribution in [2.45, 2.75) is 58.0 Å². The predicted molar refractivity (Wildman–Crippen MR) is 83.8 cm³/mol. The minimum Gasteiger partial charge on any atom is -0.459 e. The van der Waals surface area contributed by atoms with Crippen molar-refractivity contribution in [1.29, 1.82) is 0 Å². The molecule has 0 aromatic heterocycles. The molecule has 0 bridgehead atoms. The number of rotatable bonds is 11. The number of ketones is 1. The van der Waals surface area contributed by atoms with Crippen LogP contribution in [0.25, 0.3) is 0 Å². The summed E-state index contributed by atoms with van der Waals surface area (Å²) < 4.78 is 15.3. The van der Waals surface area contributed by atoms with E-state index in [1.54, 1.807) is 0 Å². The van der Waals surface area contributed by atoms with Crippen LogP contribution in [0.3, 0.4) is 0 Å². The minimum atomic E-state index is -0.652. The van der Waals surface area contributed by atoms with E-state index in [4.69, 9.17) is 14.2 Å². The van der Waals surface area contributed by atoms with Crippen LogP contribution in [0, 0.1) is 0 Å². The lowest BCUT2D eigenvalue weighted by Crippen LogP contribution is -2.20. The number of Topliss-reactive ketones (excluding diaryl/α,β-unsaturated/α-hetero) is 1. The van der Waals surface area contributed by atoms with Gasteiger partial charge in [0.25, 0.3) is 0 Å². The molecule has 0 N–H and O–H groups in total. The molecule has 0 spiro atoms. The summed E-state index contributed by atoms with van der Waals surface area (Å²) in [6.45, 7) is 6.16. The number of carbonyl (C=O) groups is 3. The minimum absolute atomic E-state index is 0.0561. The highest BCUT2D eigenvalue weighted by molar-refractivity contribution is 5.93. The predicted octanol–water partition coefficient (Wildman–Crippen LogP) is 2.35. The highest BCUT2D eigenvalue weighted by atomic mass is 16.5. The monoisotopic (exact) mass is 326 g/mol. The van der Waals surface area contributed by atoms with E-state index < -0.39 is 11.9 Å². The third-order valence-corrected chi connectivity index (χ3v) is 3.49. The molecule has 0 heterocycles. The molecule has 0 aromatic rings. The molecule has 0 aliphatic heterocycles. The molecular weight excluding hydrogens is 300 g/mol. The fraction of sp³-hybridized carbons (Fsp3) is 0.706. The molecular formula is C17H26O6. The molecule has 6 heteroatoms. The summed E-state index contributed by atoms with van der Waals surface area (Å²) in [7, 11) is 0. The number of hydrogen-bond acceptors (Lipinski definition) is 6. The smallest absolute Gasteiger partial charge is 0.334 e. The summed E-state index contributed by atoms with van der Waals surface area (Å²) >= 11 is 0. The lowest BCUT2D eigenvalue weighted by atomic mass is 10.2. The van der Waals surface area contributed by atoms with E-state index >= 15 is 0 Å². The molecule has 1 rings (SSSR count). The summed E-state index contributed by atoms with van der Waals surface area (Å²) in [5.74, 6) is -1.43. The zero-order chi connectivity index (χ0) is 17.1. The Morgan fingerprint density at radius 1 is 1.13 bits per heavy atom. The van der Waals surface area contributed by atoms with Gasteiger partial charge in [-0.1, -0.05) is 13.5 Å². The normalized spacial score (nSPS) is 14.5. The van der Waals surface area contributed by atoms with Crippen molar-refractivity contribution < 1.29 is 28.6 Å². The van der Waals surface area contributed by atoms with Crippen LogP contribution in [0.1, 0.15) is 51.9 Å². The van der Waals surface area contributed by atoms with Gasteiger partial charge in [0, 0.05) is 18.6 Å². The first-order valence-corrected chi connectivity index (χ1v) is 8.16. The topological polar surface area (TPSA) is 78.9 Å². The van der Waals surface area contributed by atoms with Gasteiger partial charge in [-0.25, -0.2) is 4.79 Å². The number of hydrogen-bond donors (Lipinski definition) is 0. The first kappa shape index (κ1) is 19.4. The second kappa shape index (κ2) is 10.9. The summed E-state index contributed by atoms with van der Waals surface area (Å²) in [4.78, 5) is 34.9.